The zero-order valence-corrected chi connectivity index (χ0v) is 16.5. The Hall–Kier alpha value is -1.99. The van der Waals surface area contributed by atoms with Crippen LogP contribution in [0.5, 0.6) is 0 Å². The van der Waals surface area contributed by atoms with Gasteiger partial charge in [-0.3, -0.25) is 9.59 Å². The number of hydrogen-bond acceptors (Lipinski definition) is 4. The van der Waals surface area contributed by atoms with Crippen molar-refractivity contribution in [3.05, 3.63) is 35.6 Å². The molecule has 1 aromatic rings. The van der Waals surface area contributed by atoms with Gasteiger partial charge in [0.2, 0.25) is 5.91 Å². The van der Waals surface area contributed by atoms with Crippen LogP contribution >= 0.6 is 0 Å². The number of nitrogens with zero attached hydrogens (tertiary/aromatic N) is 2. The zero-order chi connectivity index (χ0) is 20.1. The Kier molecular flexibility index (Phi) is 6.67. The lowest BCUT2D eigenvalue weighted by molar-refractivity contribution is -0.120. The SMILES string of the molecule is CC(=O)NC1CCN(C[C@@]2(O)CCCN(C(=O)c3cccc(F)c3)CC2)CC1. The Bertz CT molecular complexity index is 706. The van der Waals surface area contributed by atoms with E-state index in [9.17, 15) is 19.1 Å². The fourth-order valence-electron chi connectivity index (χ4n) is 4.28. The van der Waals surface area contributed by atoms with E-state index in [0.29, 0.717) is 38.0 Å². The largest absolute Gasteiger partial charge is 0.388 e. The number of amides is 2. The molecule has 0 bridgehead atoms. The van der Waals surface area contributed by atoms with Crippen molar-refractivity contribution in [3.63, 3.8) is 0 Å². The lowest BCUT2D eigenvalue weighted by atomic mass is 9.93. The molecule has 0 aliphatic carbocycles. The summed E-state index contributed by atoms with van der Waals surface area (Å²) in [5, 5.41) is 14.1. The molecule has 1 atom stereocenters. The molecule has 2 aliphatic heterocycles. The Morgan fingerprint density at radius 3 is 2.64 bits per heavy atom. The average Bonchev–Trinajstić information content (AvgIpc) is 2.84. The monoisotopic (exact) mass is 391 g/mol. The molecule has 6 nitrogen and oxygen atoms in total. The minimum atomic E-state index is -0.822. The molecule has 2 fully saturated rings. The number of hydrogen-bond donors (Lipinski definition) is 2. The number of piperidine rings is 1. The highest BCUT2D eigenvalue weighted by molar-refractivity contribution is 5.94. The maximum atomic E-state index is 13.4. The molecule has 2 N–H and O–H groups in total. The van der Waals surface area contributed by atoms with E-state index < -0.39 is 11.4 Å². The van der Waals surface area contributed by atoms with Crippen LogP contribution in [0.25, 0.3) is 0 Å². The molecule has 0 aromatic heterocycles. The summed E-state index contributed by atoms with van der Waals surface area (Å²) < 4.78 is 13.4. The smallest absolute Gasteiger partial charge is 0.253 e. The molecule has 2 heterocycles. The number of halogens is 1. The number of carbonyl (C=O) groups is 2. The van der Waals surface area contributed by atoms with Crippen molar-refractivity contribution in [2.45, 2.75) is 50.7 Å². The second kappa shape index (κ2) is 9.01. The van der Waals surface area contributed by atoms with E-state index >= 15 is 0 Å². The van der Waals surface area contributed by atoms with Gasteiger partial charge in [0, 0.05) is 51.3 Å². The number of β-amino-alcohol motifs (C(OH)–C–C–N with tert-alkyl or cyclic N) is 1. The first-order valence-corrected chi connectivity index (χ1v) is 10.1. The molecule has 0 spiro atoms. The predicted molar refractivity (Wildman–Crippen MR) is 104 cm³/mol. The molecule has 1 aromatic carbocycles. The fourth-order valence-corrected chi connectivity index (χ4v) is 4.28. The third-order valence-corrected chi connectivity index (χ3v) is 5.79. The summed E-state index contributed by atoms with van der Waals surface area (Å²) in [5.41, 5.74) is -0.469. The summed E-state index contributed by atoms with van der Waals surface area (Å²) in [4.78, 5) is 27.8. The van der Waals surface area contributed by atoms with Gasteiger partial charge >= 0.3 is 0 Å². The summed E-state index contributed by atoms with van der Waals surface area (Å²) in [6, 6.07) is 5.98. The van der Waals surface area contributed by atoms with Gasteiger partial charge in [-0.2, -0.15) is 0 Å². The van der Waals surface area contributed by atoms with Crippen LogP contribution in [0.15, 0.2) is 24.3 Å². The van der Waals surface area contributed by atoms with E-state index in [1.165, 1.54) is 19.1 Å². The van der Waals surface area contributed by atoms with Gasteiger partial charge in [0.05, 0.1) is 5.60 Å². The van der Waals surface area contributed by atoms with E-state index in [0.717, 1.165) is 32.4 Å². The standard InChI is InChI=1S/C21H30FN3O3/c1-16(26)23-19-6-11-24(12-7-19)15-21(28)8-3-10-25(13-9-21)20(27)17-4-2-5-18(22)14-17/h2,4-5,14,19,28H,3,6-13,15H2,1H3,(H,23,26)/t21-/m1/s1. The van der Waals surface area contributed by atoms with Gasteiger partial charge in [-0.05, 0) is 50.3 Å². The number of rotatable bonds is 4. The molecule has 154 valence electrons. The van der Waals surface area contributed by atoms with Crippen LogP contribution in [0.2, 0.25) is 0 Å². The first-order valence-electron chi connectivity index (χ1n) is 10.1. The van der Waals surface area contributed by atoms with Crippen molar-refractivity contribution in [1.82, 2.24) is 15.1 Å². The number of nitrogens with one attached hydrogen (secondary N) is 1. The van der Waals surface area contributed by atoms with Crippen LogP contribution in [0, 0.1) is 5.82 Å². The first kappa shape index (κ1) is 20.7. The second-order valence-corrected chi connectivity index (χ2v) is 8.13. The van der Waals surface area contributed by atoms with Gasteiger partial charge in [-0.1, -0.05) is 6.07 Å². The highest BCUT2D eigenvalue weighted by atomic mass is 19.1. The highest BCUT2D eigenvalue weighted by Gasteiger charge is 2.34. The maximum absolute atomic E-state index is 13.4. The Labute approximate surface area is 165 Å². The minimum absolute atomic E-state index is 0.00361. The number of carbonyl (C=O) groups excluding carboxylic acids is 2. The summed E-state index contributed by atoms with van der Waals surface area (Å²) in [6.07, 6.45) is 3.66. The Balaban J connectivity index is 1.52. The quantitative estimate of drug-likeness (QED) is 0.821. The summed E-state index contributed by atoms with van der Waals surface area (Å²) >= 11 is 0. The van der Waals surface area contributed by atoms with Gasteiger partial charge in [-0.25, -0.2) is 4.39 Å². The summed E-state index contributed by atoms with van der Waals surface area (Å²) in [6.45, 7) is 4.86. The molecule has 3 rings (SSSR count). The third kappa shape index (κ3) is 5.52. The second-order valence-electron chi connectivity index (χ2n) is 8.13. The van der Waals surface area contributed by atoms with Crippen LogP contribution in [0.3, 0.4) is 0 Å². The number of benzene rings is 1. The van der Waals surface area contributed by atoms with E-state index in [1.54, 1.807) is 17.0 Å². The van der Waals surface area contributed by atoms with E-state index in [2.05, 4.69) is 10.2 Å². The molecule has 0 radical (unpaired) electrons. The molecule has 0 saturated carbocycles. The molecular weight excluding hydrogens is 361 g/mol. The Morgan fingerprint density at radius 1 is 1.21 bits per heavy atom. The van der Waals surface area contributed by atoms with E-state index in [-0.39, 0.29) is 17.9 Å². The highest BCUT2D eigenvalue weighted by Crippen LogP contribution is 2.26. The van der Waals surface area contributed by atoms with Crippen LogP contribution in [0.1, 0.15) is 49.4 Å². The van der Waals surface area contributed by atoms with Crippen molar-refractivity contribution in [1.29, 1.82) is 0 Å². The predicted octanol–water partition coefficient (Wildman–Crippen LogP) is 1.78. The van der Waals surface area contributed by atoms with Crippen LogP contribution in [0.4, 0.5) is 4.39 Å². The van der Waals surface area contributed by atoms with Crippen molar-refractivity contribution < 1.29 is 19.1 Å². The van der Waals surface area contributed by atoms with Crippen LogP contribution < -0.4 is 5.32 Å². The van der Waals surface area contributed by atoms with Gasteiger partial charge in [-0.15, -0.1) is 0 Å². The minimum Gasteiger partial charge on any atom is -0.388 e. The van der Waals surface area contributed by atoms with E-state index in [1.807, 2.05) is 0 Å². The number of likely N-dealkylation sites (tertiary alicyclic amines) is 2. The summed E-state index contributed by atoms with van der Waals surface area (Å²) in [7, 11) is 0. The van der Waals surface area contributed by atoms with Crippen molar-refractivity contribution in [2.75, 3.05) is 32.7 Å². The molecule has 2 amide bonds. The fraction of sp³-hybridized carbons (Fsp3) is 0.619. The van der Waals surface area contributed by atoms with Crippen molar-refractivity contribution in [3.8, 4) is 0 Å². The summed E-state index contributed by atoms with van der Waals surface area (Å²) in [5.74, 6) is -0.594. The van der Waals surface area contributed by atoms with E-state index in [4.69, 9.17) is 0 Å². The zero-order valence-electron chi connectivity index (χ0n) is 16.5. The lowest BCUT2D eigenvalue weighted by Crippen LogP contribution is -2.50. The maximum Gasteiger partial charge on any atom is 0.253 e. The topological polar surface area (TPSA) is 72.9 Å². The number of aliphatic hydroxyl groups is 1. The van der Waals surface area contributed by atoms with Crippen LogP contribution in [-0.4, -0.2) is 71.1 Å². The molecule has 28 heavy (non-hydrogen) atoms. The first-order chi connectivity index (χ1) is 13.3. The molecule has 0 unspecified atom stereocenters. The molecule has 2 saturated heterocycles. The third-order valence-electron chi connectivity index (χ3n) is 5.79. The molecular formula is C21H30FN3O3. The van der Waals surface area contributed by atoms with Crippen molar-refractivity contribution in [2.24, 2.45) is 0 Å². The van der Waals surface area contributed by atoms with Gasteiger partial charge in [0.1, 0.15) is 5.82 Å². The molecule has 2 aliphatic rings. The lowest BCUT2D eigenvalue weighted by Gasteiger charge is -2.38. The normalized spacial score (nSPS) is 24.6. The van der Waals surface area contributed by atoms with Gasteiger partial charge in [0.15, 0.2) is 0 Å². The van der Waals surface area contributed by atoms with Crippen LogP contribution in [-0.2, 0) is 4.79 Å². The van der Waals surface area contributed by atoms with Gasteiger partial charge < -0.3 is 20.2 Å². The molecule has 7 heteroatoms. The van der Waals surface area contributed by atoms with Gasteiger partial charge in [0.25, 0.3) is 5.91 Å². The Morgan fingerprint density at radius 2 is 1.96 bits per heavy atom. The van der Waals surface area contributed by atoms with Crippen molar-refractivity contribution >= 4 is 11.8 Å². The average molecular weight is 391 g/mol.